The van der Waals surface area contributed by atoms with Crippen molar-refractivity contribution in [3.8, 4) is 17.2 Å². The smallest absolute Gasteiger partial charge is 0.140 e. The highest BCUT2D eigenvalue weighted by Gasteiger charge is 2.13. The first-order chi connectivity index (χ1) is 9.41. The van der Waals surface area contributed by atoms with Crippen molar-refractivity contribution in [2.45, 2.75) is 20.4 Å². The molecule has 0 unspecified atom stereocenters. The van der Waals surface area contributed by atoms with E-state index in [1.807, 2.05) is 0 Å². The summed E-state index contributed by atoms with van der Waals surface area (Å²) in [6.45, 7) is 3.67. The van der Waals surface area contributed by atoms with Gasteiger partial charge in [-0.05, 0) is 43.2 Å². The fraction of sp³-hybridized carbons (Fsp3) is 0.200. The largest absolute Gasteiger partial charge is 0.508 e. The van der Waals surface area contributed by atoms with Crippen molar-refractivity contribution in [1.82, 2.24) is 0 Å². The highest BCUT2D eigenvalue weighted by Crippen LogP contribution is 2.35. The summed E-state index contributed by atoms with van der Waals surface area (Å²) in [7, 11) is 0. The van der Waals surface area contributed by atoms with Crippen LogP contribution in [0, 0.1) is 13.8 Å². The minimum Gasteiger partial charge on any atom is -0.508 e. The third-order valence-electron chi connectivity index (χ3n) is 3.28. The molecule has 0 aliphatic heterocycles. The Bertz CT molecular complexity index is 610. The lowest BCUT2D eigenvalue weighted by molar-refractivity contribution is 0.447. The number of anilines is 1. The molecular formula is C15H16ClNO3. The Balaban J connectivity index is 2.32. The summed E-state index contributed by atoms with van der Waals surface area (Å²) in [6, 6.07) is 6.34. The zero-order valence-electron chi connectivity index (χ0n) is 11.2. The van der Waals surface area contributed by atoms with Gasteiger partial charge in [0, 0.05) is 12.1 Å². The first kappa shape index (κ1) is 14.3. The van der Waals surface area contributed by atoms with Crippen LogP contribution in [0.2, 0.25) is 5.02 Å². The van der Waals surface area contributed by atoms with Crippen LogP contribution in [0.3, 0.4) is 0 Å². The molecule has 0 fully saturated rings. The first-order valence-electron chi connectivity index (χ1n) is 6.14. The van der Waals surface area contributed by atoms with Crippen LogP contribution < -0.4 is 5.32 Å². The summed E-state index contributed by atoms with van der Waals surface area (Å²) in [5.74, 6) is 0.284. The summed E-state index contributed by atoms with van der Waals surface area (Å²) in [5.41, 5.74) is 2.15. The van der Waals surface area contributed by atoms with E-state index < -0.39 is 0 Å². The van der Waals surface area contributed by atoms with Crippen molar-refractivity contribution in [1.29, 1.82) is 0 Å². The van der Waals surface area contributed by atoms with Crippen LogP contribution in [-0.2, 0) is 6.54 Å². The van der Waals surface area contributed by atoms with Gasteiger partial charge in [-0.2, -0.15) is 0 Å². The molecule has 5 heteroatoms. The third-order valence-corrected chi connectivity index (χ3v) is 3.60. The van der Waals surface area contributed by atoms with Crippen molar-refractivity contribution >= 4 is 17.3 Å². The maximum Gasteiger partial charge on any atom is 0.140 e. The molecule has 0 radical (unpaired) electrons. The highest BCUT2D eigenvalue weighted by molar-refractivity contribution is 6.33. The van der Waals surface area contributed by atoms with Crippen molar-refractivity contribution in [3.05, 3.63) is 46.0 Å². The predicted octanol–water partition coefficient (Wildman–Crippen LogP) is 3.69. The summed E-state index contributed by atoms with van der Waals surface area (Å²) >= 11 is 6.00. The zero-order valence-corrected chi connectivity index (χ0v) is 12.0. The number of nitrogens with one attached hydrogen (secondary N) is 1. The van der Waals surface area contributed by atoms with Gasteiger partial charge in [0.05, 0.1) is 10.7 Å². The average molecular weight is 294 g/mol. The normalized spacial score (nSPS) is 10.6. The first-order valence-corrected chi connectivity index (χ1v) is 6.52. The molecule has 0 aliphatic carbocycles. The van der Waals surface area contributed by atoms with Gasteiger partial charge in [-0.3, -0.25) is 0 Å². The molecule has 20 heavy (non-hydrogen) atoms. The molecule has 106 valence electrons. The van der Waals surface area contributed by atoms with E-state index in [9.17, 15) is 15.3 Å². The van der Waals surface area contributed by atoms with Crippen LogP contribution in [0.1, 0.15) is 16.7 Å². The average Bonchev–Trinajstić information content (AvgIpc) is 2.39. The molecule has 0 aromatic heterocycles. The molecule has 0 spiro atoms. The number of phenols is 3. The van der Waals surface area contributed by atoms with Crippen LogP contribution in [0.25, 0.3) is 0 Å². The minimum atomic E-state index is 0.0338. The van der Waals surface area contributed by atoms with Gasteiger partial charge in [-0.1, -0.05) is 17.7 Å². The molecule has 4 nitrogen and oxygen atoms in total. The van der Waals surface area contributed by atoms with Gasteiger partial charge in [0.15, 0.2) is 0 Å². The predicted molar refractivity (Wildman–Crippen MR) is 79.7 cm³/mol. The van der Waals surface area contributed by atoms with E-state index in [1.165, 1.54) is 12.1 Å². The van der Waals surface area contributed by atoms with E-state index >= 15 is 0 Å². The lowest BCUT2D eigenvalue weighted by Gasteiger charge is -2.15. The second kappa shape index (κ2) is 5.51. The fourth-order valence-corrected chi connectivity index (χ4v) is 2.27. The van der Waals surface area contributed by atoms with Gasteiger partial charge in [0.25, 0.3) is 0 Å². The van der Waals surface area contributed by atoms with Crippen molar-refractivity contribution < 1.29 is 15.3 Å². The summed E-state index contributed by atoms with van der Waals surface area (Å²) in [5, 5.41) is 33.0. The number of benzene rings is 2. The van der Waals surface area contributed by atoms with E-state index in [2.05, 4.69) is 5.32 Å². The number of aryl methyl sites for hydroxylation is 1. The number of hydrogen-bond donors (Lipinski definition) is 4. The standard InChI is InChI=1S/C15H16ClNO3/c1-8-6-13(19)9(2)10(15(8)20)7-17-14-11(16)4-3-5-12(14)18/h3-6,17-20H,7H2,1-2H3. The molecular weight excluding hydrogens is 278 g/mol. The maximum absolute atomic E-state index is 10.1. The molecule has 0 saturated carbocycles. The summed E-state index contributed by atoms with van der Waals surface area (Å²) in [6.07, 6.45) is 0. The topological polar surface area (TPSA) is 72.7 Å². The number of para-hydroxylation sites is 1. The Morgan fingerprint density at radius 3 is 2.45 bits per heavy atom. The van der Waals surface area contributed by atoms with Crippen molar-refractivity contribution in [2.75, 3.05) is 5.32 Å². The number of hydrogen-bond acceptors (Lipinski definition) is 4. The SMILES string of the molecule is Cc1cc(O)c(C)c(CNc2c(O)cccc2Cl)c1O. The van der Waals surface area contributed by atoms with E-state index in [0.717, 1.165) is 0 Å². The summed E-state index contributed by atoms with van der Waals surface area (Å²) < 4.78 is 0. The van der Waals surface area contributed by atoms with E-state index in [4.69, 9.17) is 11.6 Å². The molecule has 4 N–H and O–H groups in total. The molecule has 0 aliphatic rings. The van der Waals surface area contributed by atoms with Crippen molar-refractivity contribution in [2.24, 2.45) is 0 Å². The Morgan fingerprint density at radius 2 is 1.80 bits per heavy atom. The molecule has 2 aromatic rings. The molecule has 0 amide bonds. The molecule has 0 saturated heterocycles. The van der Waals surface area contributed by atoms with Crippen molar-refractivity contribution in [3.63, 3.8) is 0 Å². The highest BCUT2D eigenvalue weighted by atomic mass is 35.5. The Kier molecular flexibility index (Phi) is 3.95. The van der Waals surface area contributed by atoms with Crippen LogP contribution in [-0.4, -0.2) is 15.3 Å². The maximum atomic E-state index is 10.1. The number of rotatable bonds is 3. The lowest BCUT2D eigenvalue weighted by atomic mass is 10.0. The monoisotopic (exact) mass is 293 g/mol. The van der Waals surface area contributed by atoms with E-state index in [-0.39, 0.29) is 23.8 Å². The Morgan fingerprint density at radius 1 is 1.10 bits per heavy atom. The van der Waals surface area contributed by atoms with Crippen LogP contribution >= 0.6 is 11.6 Å². The molecule has 0 heterocycles. The number of halogens is 1. The molecule has 2 aromatic carbocycles. The zero-order chi connectivity index (χ0) is 14.9. The Labute approximate surface area is 122 Å². The van der Waals surface area contributed by atoms with Gasteiger partial charge in [0.2, 0.25) is 0 Å². The Hall–Kier alpha value is -2.07. The second-order valence-electron chi connectivity index (χ2n) is 4.65. The van der Waals surface area contributed by atoms with Gasteiger partial charge < -0.3 is 20.6 Å². The van der Waals surface area contributed by atoms with E-state index in [1.54, 1.807) is 26.0 Å². The van der Waals surface area contributed by atoms with E-state index in [0.29, 0.717) is 27.4 Å². The minimum absolute atomic E-state index is 0.0338. The van der Waals surface area contributed by atoms with Gasteiger partial charge in [-0.25, -0.2) is 0 Å². The number of phenolic OH excluding ortho intramolecular Hbond substituents is 3. The number of aromatic hydroxyl groups is 3. The molecule has 2 rings (SSSR count). The molecule has 0 atom stereocenters. The molecule has 0 bridgehead atoms. The second-order valence-corrected chi connectivity index (χ2v) is 5.06. The van der Waals surface area contributed by atoms with Crippen LogP contribution in [0.5, 0.6) is 17.2 Å². The fourth-order valence-electron chi connectivity index (χ4n) is 2.03. The third kappa shape index (κ3) is 2.60. The van der Waals surface area contributed by atoms with Crippen LogP contribution in [0.15, 0.2) is 24.3 Å². The lowest BCUT2D eigenvalue weighted by Crippen LogP contribution is -2.03. The van der Waals surface area contributed by atoms with Crippen LogP contribution in [0.4, 0.5) is 5.69 Å². The van der Waals surface area contributed by atoms with Gasteiger partial charge >= 0.3 is 0 Å². The quantitative estimate of drug-likeness (QED) is 0.514. The summed E-state index contributed by atoms with van der Waals surface area (Å²) in [4.78, 5) is 0. The van der Waals surface area contributed by atoms with Gasteiger partial charge in [0.1, 0.15) is 17.2 Å². The van der Waals surface area contributed by atoms with Gasteiger partial charge in [-0.15, -0.1) is 0 Å².